The van der Waals surface area contributed by atoms with E-state index >= 15 is 0 Å². The summed E-state index contributed by atoms with van der Waals surface area (Å²) in [5.74, 6) is 3.27. The highest BCUT2D eigenvalue weighted by Gasteiger charge is 2.20. The second kappa shape index (κ2) is 8.52. The first-order valence-corrected chi connectivity index (χ1v) is 9.58. The minimum Gasteiger partial charge on any atom is -0.381 e. The van der Waals surface area contributed by atoms with Gasteiger partial charge < -0.3 is 15.0 Å². The number of hydrogen-bond acceptors (Lipinski definition) is 6. The van der Waals surface area contributed by atoms with Crippen molar-refractivity contribution in [1.29, 1.82) is 0 Å². The maximum absolute atomic E-state index is 5.47. The van der Waals surface area contributed by atoms with Crippen LogP contribution in [-0.4, -0.2) is 47.0 Å². The van der Waals surface area contributed by atoms with Gasteiger partial charge in [-0.25, -0.2) is 9.97 Å². The normalized spacial score (nSPS) is 15.1. The van der Waals surface area contributed by atoms with Crippen molar-refractivity contribution in [2.45, 2.75) is 39.5 Å². The Morgan fingerprint density at radius 1 is 1.37 bits per heavy atom. The molecular weight excluding hydrogens is 340 g/mol. The van der Waals surface area contributed by atoms with Gasteiger partial charge in [0, 0.05) is 38.6 Å². The molecule has 7 nitrogen and oxygen atoms in total. The van der Waals surface area contributed by atoms with E-state index in [1.807, 2.05) is 13.0 Å². The van der Waals surface area contributed by atoms with Crippen molar-refractivity contribution in [3.63, 3.8) is 0 Å². The molecule has 2 N–H and O–H groups in total. The average molecular weight is 371 g/mol. The molecule has 1 aliphatic rings. The number of aromatic nitrogens is 4. The number of rotatable bonds is 7. The van der Waals surface area contributed by atoms with Crippen LogP contribution in [0.3, 0.4) is 0 Å². The minimum atomic E-state index is 0.395. The fourth-order valence-electron chi connectivity index (χ4n) is 3.24. The lowest BCUT2D eigenvalue weighted by Crippen LogP contribution is -2.31. The molecule has 0 spiro atoms. The maximum Gasteiger partial charge on any atom is 0.157 e. The van der Waals surface area contributed by atoms with Gasteiger partial charge in [-0.15, -0.1) is 0 Å². The molecule has 27 heavy (non-hydrogen) atoms. The fourth-order valence-corrected chi connectivity index (χ4v) is 3.24. The molecule has 7 heteroatoms. The van der Waals surface area contributed by atoms with Crippen LogP contribution in [0.4, 0.5) is 17.5 Å². The van der Waals surface area contributed by atoms with Crippen molar-refractivity contribution in [2.75, 3.05) is 37.0 Å². The van der Waals surface area contributed by atoms with Crippen LogP contribution in [0.15, 0.2) is 18.8 Å². The topological polar surface area (TPSA) is 79.0 Å². The Balaban J connectivity index is 1.79. The Morgan fingerprint density at radius 2 is 2.11 bits per heavy atom. The molecule has 146 valence electrons. The molecule has 3 heterocycles. The molecule has 0 bridgehead atoms. The maximum atomic E-state index is 5.47. The number of aromatic amines is 1. The van der Waals surface area contributed by atoms with Gasteiger partial charge in [-0.2, -0.15) is 5.10 Å². The summed E-state index contributed by atoms with van der Waals surface area (Å²) in [5.41, 5.74) is 2.82. The van der Waals surface area contributed by atoms with E-state index in [2.05, 4.69) is 52.9 Å². The van der Waals surface area contributed by atoms with E-state index in [1.165, 1.54) is 0 Å². The molecule has 1 aliphatic heterocycles. The predicted octanol–water partition coefficient (Wildman–Crippen LogP) is 3.96. The lowest BCUT2D eigenvalue weighted by Gasteiger charge is -2.28. The second-order valence-electron chi connectivity index (χ2n) is 7.63. The third kappa shape index (κ3) is 4.86. The predicted molar refractivity (Wildman–Crippen MR) is 110 cm³/mol. The molecule has 0 aromatic carbocycles. The summed E-state index contributed by atoms with van der Waals surface area (Å²) in [7, 11) is 2.07. The van der Waals surface area contributed by atoms with Gasteiger partial charge in [0.15, 0.2) is 17.5 Å². The summed E-state index contributed by atoms with van der Waals surface area (Å²) in [5, 5.41) is 10.6. The number of allylic oxidation sites excluding steroid dienone is 1. The zero-order valence-corrected chi connectivity index (χ0v) is 16.7. The third-order valence-corrected chi connectivity index (χ3v) is 4.87. The number of H-pyrrole nitrogens is 1. The summed E-state index contributed by atoms with van der Waals surface area (Å²) >= 11 is 0. The third-order valence-electron chi connectivity index (χ3n) is 4.87. The van der Waals surface area contributed by atoms with Crippen molar-refractivity contribution >= 4 is 23.0 Å². The molecule has 0 saturated carbocycles. The standard InChI is InChI=1S/C20H30N6O/c1-13(2)16-10-17(25-24-16)22-18-11-21-19(14(3)4)20(23-18)26(5)12-15-6-8-27-9-7-15/h10-11,13,15H,3,6-9,12H2,1-2,4-5H3,(H2,22,23,24,25). The zero-order valence-electron chi connectivity index (χ0n) is 16.7. The largest absolute Gasteiger partial charge is 0.381 e. The smallest absolute Gasteiger partial charge is 0.157 e. The van der Waals surface area contributed by atoms with Crippen LogP contribution >= 0.6 is 0 Å². The highest BCUT2D eigenvalue weighted by atomic mass is 16.5. The molecule has 0 aliphatic carbocycles. The SMILES string of the molecule is C=C(C)c1ncc(Nc2cc(C(C)C)[nH]n2)nc1N(C)CC1CCOCC1. The average Bonchev–Trinajstić information content (AvgIpc) is 3.11. The fraction of sp³-hybridized carbons (Fsp3) is 0.550. The van der Waals surface area contributed by atoms with Crippen LogP contribution in [-0.2, 0) is 4.74 Å². The number of ether oxygens (including phenoxy) is 1. The lowest BCUT2D eigenvalue weighted by atomic mass is 10.00. The van der Waals surface area contributed by atoms with Gasteiger partial charge in [-0.3, -0.25) is 5.10 Å². The van der Waals surface area contributed by atoms with Gasteiger partial charge >= 0.3 is 0 Å². The van der Waals surface area contributed by atoms with E-state index in [4.69, 9.17) is 9.72 Å². The Kier molecular flexibility index (Phi) is 6.11. The number of nitrogens with zero attached hydrogens (tertiary/aromatic N) is 4. The van der Waals surface area contributed by atoms with Crippen LogP contribution < -0.4 is 10.2 Å². The summed E-state index contributed by atoms with van der Waals surface area (Å²) in [6.07, 6.45) is 3.91. The molecule has 2 aromatic heterocycles. The van der Waals surface area contributed by atoms with Crippen molar-refractivity contribution in [2.24, 2.45) is 5.92 Å². The first-order chi connectivity index (χ1) is 12.9. The minimum absolute atomic E-state index is 0.395. The Morgan fingerprint density at radius 3 is 2.74 bits per heavy atom. The Hall–Kier alpha value is -2.41. The van der Waals surface area contributed by atoms with Gasteiger partial charge in [0.1, 0.15) is 5.69 Å². The second-order valence-corrected chi connectivity index (χ2v) is 7.63. The summed E-state index contributed by atoms with van der Waals surface area (Å²) in [4.78, 5) is 11.6. The van der Waals surface area contributed by atoms with Crippen molar-refractivity contribution in [3.05, 3.63) is 30.2 Å². The Bertz CT molecular complexity index is 779. The highest BCUT2D eigenvalue weighted by Crippen LogP contribution is 2.26. The molecule has 1 saturated heterocycles. The van der Waals surface area contributed by atoms with E-state index in [9.17, 15) is 0 Å². The summed E-state index contributed by atoms with van der Waals surface area (Å²) in [6.45, 7) is 12.9. The van der Waals surface area contributed by atoms with Crippen molar-refractivity contribution in [3.8, 4) is 0 Å². The van der Waals surface area contributed by atoms with Crippen LogP contribution in [0.25, 0.3) is 5.57 Å². The van der Waals surface area contributed by atoms with Gasteiger partial charge in [0.05, 0.1) is 6.20 Å². The van der Waals surface area contributed by atoms with Gasteiger partial charge in [0.2, 0.25) is 0 Å². The van der Waals surface area contributed by atoms with E-state index in [0.29, 0.717) is 17.7 Å². The molecule has 0 unspecified atom stereocenters. The van der Waals surface area contributed by atoms with Crippen molar-refractivity contribution in [1.82, 2.24) is 20.2 Å². The van der Waals surface area contributed by atoms with Gasteiger partial charge in [0.25, 0.3) is 0 Å². The van der Waals surface area contributed by atoms with Crippen LogP contribution in [0.5, 0.6) is 0 Å². The molecule has 3 rings (SSSR count). The quantitative estimate of drug-likeness (QED) is 0.768. The van der Waals surface area contributed by atoms with E-state index in [0.717, 1.165) is 61.2 Å². The zero-order chi connectivity index (χ0) is 19.4. The molecule has 0 radical (unpaired) electrons. The number of nitrogens with one attached hydrogen (secondary N) is 2. The van der Waals surface area contributed by atoms with Crippen LogP contribution in [0.2, 0.25) is 0 Å². The van der Waals surface area contributed by atoms with Crippen molar-refractivity contribution < 1.29 is 4.74 Å². The first kappa shape index (κ1) is 19.4. The number of hydrogen-bond donors (Lipinski definition) is 2. The molecule has 2 aromatic rings. The van der Waals surface area contributed by atoms with E-state index in [1.54, 1.807) is 6.20 Å². The Labute approximate surface area is 161 Å². The molecule has 1 fully saturated rings. The van der Waals surface area contributed by atoms with Crippen LogP contribution in [0, 0.1) is 5.92 Å². The van der Waals surface area contributed by atoms with E-state index < -0.39 is 0 Å². The molecule has 0 atom stereocenters. The first-order valence-electron chi connectivity index (χ1n) is 9.58. The number of anilines is 3. The monoisotopic (exact) mass is 370 g/mol. The highest BCUT2D eigenvalue weighted by molar-refractivity contribution is 5.70. The van der Waals surface area contributed by atoms with Gasteiger partial charge in [-0.1, -0.05) is 20.4 Å². The molecular formula is C20H30N6O. The molecule has 0 amide bonds. The van der Waals surface area contributed by atoms with Crippen LogP contribution in [0.1, 0.15) is 50.9 Å². The summed E-state index contributed by atoms with van der Waals surface area (Å²) < 4.78 is 5.47. The van der Waals surface area contributed by atoms with E-state index in [-0.39, 0.29) is 0 Å². The lowest BCUT2D eigenvalue weighted by molar-refractivity contribution is 0.0685. The summed E-state index contributed by atoms with van der Waals surface area (Å²) in [6, 6.07) is 2.00. The van der Waals surface area contributed by atoms with Gasteiger partial charge in [-0.05, 0) is 37.2 Å².